The van der Waals surface area contributed by atoms with Gasteiger partial charge in [0.25, 0.3) is 0 Å². The van der Waals surface area contributed by atoms with Gasteiger partial charge >= 0.3 is 5.97 Å². The molecule has 0 N–H and O–H groups in total. The van der Waals surface area contributed by atoms with Crippen LogP contribution in [0.4, 0.5) is 0 Å². The number of rotatable bonds is 3. The number of ether oxygens (including phenoxy) is 1. The Kier molecular flexibility index (Phi) is 4.25. The molecule has 1 aliphatic heterocycles. The lowest BCUT2D eigenvalue weighted by Gasteiger charge is -2.22. The molecule has 0 radical (unpaired) electrons. The Balaban J connectivity index is 2.10. The lowest BCUT2D eigenvalue weighted by molar-refractivity contribution is -0.146. The van der Waals surface area contributed by atoms with E-state index in [2.05, 4.69) is 4.90 Å². The van der Waals surface area contributed by atoms with Gasteiger partial charge in [0.1, 0.15) is 6.04 Å². The fourth-order valence-electron chi connectivity index (χ4n) is 2.42. The predicted octanol–water partition coefficient (Wildman–Crippen LogP) is 2.79. The van der Waals surface area contributed by atoms with E-state index in [-0.39, 0.29) is 12.0 Å². The molecule has 0 amide bonds. The number of likely N-dealkylation sites (tertiary alicyclic amines) is 1. The molecule has 0 bridgehead atoms. The minimum atomic E-state index is -0.143. The van der Waals surface area contributed by atoms with E-state index in [0.717, 1.165) is 35.5 Å². The van der Waals surface area contributed by atoms with E-state index in [0.29, 0.717) is 6.54 Å². The van der Waals surface area contributed by atoms with Crippen molar-refractivity contribution in [3.63, 3.8) is 0 Å². The van der Waals surface area contributed by atoms with Crippen LogP contribution in [0, 0.1) is 6.92 Å². The monoisotopic (exact) mass is 267 g/mol. The minimum absolute atomic E-state index is 0.118. The molecule has 1 saturated heterocycles. The van der Waals surface area contributed by atoms with Crippen molar-refractivity contribution >= 4 is 17.6 Å². The molecular weight excluding hydrogens is 250 g/mol. The number of benzene rings is 1. The zero-order valence-corrected chi connectivity index (χ0v) is 11.5. The third-order valence-electron chi connectivity index (χ3n) is 3.42. The number of hydrogen-bond donors (Lipinski definition) is 0. The highest BCUT2D eigenvalue weighted by molar-refractivity contribution is 6.31. The Morgan fingerprint density at radius 3 is 3.00 bits per heavy atom. The second kappa shape index (κ2) is 5.72. The second-order valence-electron chi connectivity index (χ2n) is 4.75. The number of nitrogens with zero attached hydrogens (tertiary/aromatic N) is 1. The Bertz CT molecular complexity index is 447. The Morgan fingerprint density at radius 2 is 2.33 bits per heavy atom. The average Bonchev–Trinajstić information content (AvgIpc) is 2.80. The van der Waals surface area contributed by atoms with Gasteiger partial charge in [0, 0.05) is 11.6 Å². The molecule has 18 heavy (non-hydrogen) atoms. The molecule has 1 aromatic rings. The smallest absolute Gasteiger partial charge is 0.323 e. The van der Waals surface area contributed by atoms with Crippen LogP contribution in [0.3, 0.4) is 0 Å². The van der Waals surface area contributed by atoms with Crippen LogP contribution >= 0.6 is 11.6 Å². The summed E-state index contributed by atoms with van der Waals surface area (Å²) in [6, 6.07) is 5.92. The van der Waals surface area contributed by atoms with Crippen molar-refractivity contribution in [2.45, 2.75) is 32.4 Å². The van der Waals surface area contributed by atoms with Gasteiger partial charge in [-0.3, -0.25) is 9.69 Å². The van der Waals surface area contributed by atoms with Gasteiger partial charge in [-0.1, -0.05) is 23.7 Å². The normalized spacial score (nSPS) is 20.1. The fraction of sp³-hybridized carbons (Fsp3) is 0.500. The summed E-state index contributed by atoms with van der Waals surface area (Å²) in [7, 11) is 1.44. The number of carbonyl (C=O) groups excluding carboxylic acids is 1. The first-order valence-electron chi connectivity index (χ1n) is 6.18. The summed E-state index contributed by atoms with van der Waals surface area (Å²) < 4.78 is 4.84. The number of hydrogen-bond acceptors (Lipinski definition) is 3. The van der Waals surface area contributed by atoms with Crippen molar-refractivity contribution in [2.24, 2.45) is 0 Å². The van der Waals surface area contributed by atoms with Crippen molar-refractivity contribution in [1.29, 1.82) is 0 Å². The van der Waals surface area contributed by atoms with E-state index in [1.54, 1.807) is 0 Å². The van der Waals surface area contributed by atoms with Crippen LogP contribution in [-0.4, -0.2) is 30.6 Å². The first-order chi connectivity index (χ1) is 8.61. The van der Waals surface area contributed by atoms with Gasteiger partial charge in [0.05, 0.1) is 7.11 Å². The maximum absolute atomic E-state index is 11.7. The molecule has 1 aromatic carbocycles. The Hall–Kier alpha value is -1.06. The molecule has 2 rings (SSSR count). The third kappa shape index (κ3) is 2.85. The van der Waals surface area contributed by atoms with Crippen LogP contribution in [0.2, 0.25) is 5.02 Å². The van der Waals surface area contributed by atoms with Gasteiger partial charge in [-0.15, -0.1) is 0 Å². The van der Waals surface area contributed by atoms with Crippen molar-refractivity contribution in [1.82, 2.24) is 4.90 Å². The Morgan fingerprint density at radius 1 is 1.56 bits per heavy atom. The highest BCUT2D eigenvalue weighted by Crippen LogP contribution is 2.25. The summed E-state index contributed by atoms with van der Waals surface area (Å²) in [6.45, 7) is 3.64. The molecule has 1 unspecified atom stereocenters. The van der Waals surface area contributed by atoms with Gasteiger partial charge in [0.2, 0.25) is 0 Å². The number of halogens is 1. The molecule has 1 aliphatic rings. The quantitative estimate of drug-likeness (QED) is 0.789. The predicted molar refractivity (Wildman–Crippen MR) is 71.6 cm³/mol. The summed E-state index contributed by atoms with van der Waals surface area (Å²) in [6.07, 6.45) is 1.90. The average molecular weight is 268 g/mol. The number of aryl methyl sites for hydroxylation is 1. The molecule has 0 aliphatic carbocycles. The van der Waals surface area contributed by atoms with E-state index < -0.39 is 0 Å². The first kappa shape index (κ1) is 13.4. The van der Waals surface area contributed by atoms with Gasteiger partial charge in [-0.25, -0.2) is 0 Å². The van der Waals surface area contributed by atoms with Gasteiger partial charge in [-0.05, 0) is 43.5 Å². The van der Waals surface area contributed by atoms with Crippen LogP contribution in [-0.2, 0) is 16.1 Å². The van der Waals surface area contributed by atoms with Crippen molar-refractivity contribution < 1.29 is 9.53 Å². The molecule has 1 heterocycles. The summed E-state index contributed by atoms with van der Waals surface area (Å²) >= 11 is 6.23. The number of esters is 1. The summed E-state index contributed by atoms with van der Waals surface area (Å²) in [5, 5.41) is 0.769. The first-order valence-corrected chi connectivity index (χ1v) is 6.56. The SMILES string of the molecule is COC(=O)C1CCCN1Cc1ccc(C)cc1Cl. The third-order valence-corrected chi connectivity index (χ3v) is 3.77. The summed E-state index contributed by atoms with van der Waals surface area (Å²) in [5.74, 6) is -0.143. The molecule has 98 valence electrons. The second-order valence-corrected chi connectivity index (χ2v) is 5.15. The lowest BCUT2D eigenvalue weighted by Crippen LogP contribution is -2.36. The van der Waals surface area contributed by atoms with E-state index in [4.69, 9.17) is 16.3 Å². The van der Waals surface area contributed by atoms with Crippen LogP contribution in [0.25, 0.3) is 0 Å². The maximum Gasteiger partial charge on any atom is 0.323 e. The molecule has 0 aromatic heterocycles. The van der Waals surface area contributed by atoms with Crippen LogP contribution < -0.4 is 0 Å². The van der Waals surface area contributed by atoms with Gasteiger partial charge in [0.15, 0.2) is 0 Å². The molecule has 0 saturated carbocycles. The van der Waals surface area contributed by atoms with Crippen LogP contribution in [0.5, 0.6) is 0 Å². The van der Waals surface area contributed by atoms with Crippen molar-refractivity contribution in [3.8, 4) is 0 Å². The summed E-state index contributed by atoms with van der Waals surface area (Å²) in [4.78, 5) is 13.8. The molecule has 1 fully saturated rings. The van der Waals surface area contributed by atoms with E-state index in [1.807, 2.05) is 25.1 Å². The maximum atomic E-state index is 11.7. The largest absolute Gasteiger partial charge is 0.468 e. The standard InChI is InChI=1S/C14H18ClNO2/c1-10-5-6-11(12(15)8-10)9-16-7-3-4-13(16)14(17)18-2/h5-6,8,13H,3-4,7,9H2,1-2H3. The Labute approximate surface area is 113 Å². The zero-order chi connectivity index (χ0) is 13.1. The lowest BCUT2D eigenvalue weighted by atomic mass is 10.1. The van der Waals surface area contributed by atoms with Crippen LogP contribution in [0.1, 0.15) is 24.0 Å². The van der Waals surface area contributed by atoms with E-state index in [9.17, 15) is 4.79 Å². The van der Waals surface area contributed by atoms with Gasteiger partial charge < -0.3 is 4.74 Å². The van der Waals surface area contributed by atoms with Crippen molar-refractivity contribution in [3.05, 3.63) is 34.3 Å². The zero-order valence-electron chi connectivity index (χ0n) is 10.8. The molecule has 0 spiro atoms. The van der Waals surface area contributed by atoms with E-state index >= 15 is 0 Å². The molecular formula is C14H18ClNO2. The summed E-state index contributed by atoms with van der Waals surface area (Å²) in [5.41, 5.74) is 2.22. The topological polar surface area (TPSA) is 29.5 Å². The van der Waals surface area contributed by atoms with E-state index in [1.165, 1.54) is 7.11 Å². The molecule has 1 atom stereocenters. The molecule has 4 heteroatoms. The fourth-order valence-corrected chi connectivity index (χ4v) is 2.71. The van der Waals surface area contributed by atoms with Crippen molar-refractivity contribution in [2.75, 3.05) is 13.7 Å². The highest BCUT2D eigenvalue weighted by Gasteiger charge is 2.31. The van der Waals surface area contributed by atoms with Gasteiger partial charge in [-0.2, -0.15) is 0 Å². The highest BCUT2D eigenvalue weighted by atomic mass is 35.5. The minimum Gasteiger partial charge on any atom is -0.468 e. The number of carbonyl (C=O) groups is 1. The molecule has 3 nitrogen and oxygen atoms in total. The van der Waals surface area contributed by atoms with Crippen LogP contribution in [0.15, 0.2) is 18.2 Å². The number of methoxy groups -OCH3 is 1.